The summed E-state index contributed by atoms with van der Waals surface area (Å²) in [4.78, 5) is 39.2. The lowest BCUT2D eigenvalue weighted by Crippen LogP contribution is -2.40. The number of carboxylic acid groups (broad SMARTS) is 2. The summed E-state index contributed by atoms with van der Waals surface area (Å²) in [5.74, 6) is -4.54. The Kier molecular flexibility index (Phi) is 10.7. The number of carbonyl (C=O) groups is 3. The monoisotopic (exact) mass is 543 g/mol. The number of hydrogen-bond donors (Lipinski definition) is 2. The van der Waals surface area contributed by atoms with E-state index >= 15 is 0 Å². The van der Waals surface area contributed by atoms with Gasteiger partial charge in [0, 0.05) is 63.7 Å². The topological polar surface area (TPSA) is 120 Å². The normalized spacial score (nSPS) is 22.4. The second kappa shape index (κ2) is 13.0. The molecule has 0 radical (unpaired) electrons. The minimum absolute atomic E-state index is 0.349. The minimum atomic E-state index is -5.08. The van der Waals surface area contributed by atoms with Gasteiger partial charge in [-0.1, -0.05) is 6.07 Å². The number of nitrogens with zero attached hydrogens (tertiary/aromatic N) is 3. The largest absolute Gasteiger partial charge is 0.490 e. The number of aromatic nitrogens is 1. The lowest BCUT2D eigenvalue weighted by atomic mass is 9.99. The molecule has 0 unspecified atom stereocenters. The van der Waals surface area contributed by atoms with Crippen LogP contribution < -0.4 is 0 Å². The van der Waals surface area contributed by atoms with E-state index in [1.54, 1.807) is 0 Å². The summed E-state index contributed by atoms with van der Waals surface area (Å²) in [7, 11) is 0. The van der Waals surface area contributed by atoms with E-state index in [1.165, 1.54) is 5.56 Å². The Morgan fingerprint density at radius 1 is 1.00 bits per heavy atom. The van der Waals surface area contributed by atoms with Gasteiger partial charge in [0.15, 0.2) is 0 Å². The van der Waals surface area contributed by atoms with Gasteiger partial charge in [-0.25, -0.2) is 9.59 Å². The number of hydrogen-bond acceptors (Lipinski definition) is 6. The summed E-state index contributed by atoms with van der Waals surface area (Å²) < 4.78 is 68.9. The Morgan fingerprint density at radius 2 is 1.57 bits per heavy atom. The Labute approximate surface area is 208 Å². The van der Waals surface area contributed by atoms with Crippen LogP contribution in [0.2, 0.25) is 0 Å². The van der Waals surface area contributed by atoms with Crippen molar-refractivity contribution in [1.29, 1.82) is 0 Å². The number of halogens is 6. The molecule has 0 aromatic carbocycles. The van der Waals surface area contributed by atoms with Crippen LogP contribution in [-0.2, 0) is 25.7 Å². The second-order valence-electron chi connectivity index (χ2n) is 8.67. The third kappa shape index (κ3) is 9.46. The molecule has 15 heteroatoms. The van der Waals surface area contributed by atoms with Crippen LogP contribution in [0.1, 0.15) is 31.2 Å². The van der Waals surface area contributed by atoms with Crippen molar-refractivity contribution in [2.45, 2.75) is 56.7 Å². The van der Waals surface area contributed by atoms with Crippen molar-refractivity contribution in [2.24, 2.45) is 5.92 Å². The van der Waals surface area contributed by atoms with Gasteiger partial charge in [-0.3, -0.25) is 14.7 Å². The average Bonchev–Trinajstić information content (AvgIpc) is 3.34. The molecule has 3 saturated heterocycles. The Balaban J connectivity index is 0.000000286. The molecule has 0 aliphatic carbocycles. The molecule has 1 amide bonds. The van der Waals surface area contributed by atoms with E-state index in [2.05, 4.69) is 20.9 Å². The van der Waals surface area contributed by atoms with E-state index in [0.717, 1.165) is 52.1 Å². The summed E-state index contributed by atoms with van der Waals surface area (Å²) in [6, 6.07) is 4.92. The molecule has 0 spiro atoms. The van der Waals surface area contributed by atoms with Crippen LogP contribution in [0.4, 0.5) is 26.3 Å². The van der Waals surface area contributed by atoms with Crippen LogP contribution in [-0.4, -0.2) is 93.6 Å². The van der Waals surface area contributed by atoms with Crippen LogP contribution in [0.5, 0.6) is 0 Å². The van der Waals surface area contributed by atoms with E-state index in [-0.39, 0.29) is 0 Å². The summed E-state index contributed by atoms with van der Waals surface area (Å²) in [6.45, 7) is 4.64. The van der Waals surface area contributed by atoms with Crippen molar-refractivity contribution in [3.05, 3.63) is 30.1 Å². The van der Waals surface area contributed by atoms with Gasteiger partial charge >= 0.3 is 24.3 Å². The molecule has 0 saturated carbocycles. The third-order valence-corrected chi connectivity index (χ3v) is 6.12. The molecule has 4 rings (SSSR count). The number of fused-ring (bicyclic) bond motifs is 1. The highest BCUT2D eigenvalue weighted by atomic mass is 19.4. The Hall–Kier alpha value is -2.94. The molecular formula is C22H27F6N3O6. The maximum atomic E-state index is 12.5. The molecule has 3 aliphatic rings. The van der Waals surface area contributed by atoms with Crippen molar-refractivity contribution in [3.63, 3.8) is 0 Å². The van der Waals surface area contributed by atoms with E-state index in [9.17, 15) is 31.1 Å². The standard InChI is InChI=1S/C18H25N3O2.2C2HF3O2/c22-18-10-17-16(21(18)13-14-4-8-23-9-5-14)3-7-20(17)12-15-2-1-6-19-11-15;2*3-2(4,5)1(6)7/h1-2,6,11,14,16-17H,3-5,7-10,12-13H2;2*(H,6,7)/t16-,17+;;/m1../s1. The molecule has 2 atom stereocenters. The van der Waals surface area contributed by atoms with E-state index < -0.39 is 24.3 Å². The van der Waals surface area contributed by atoms with Gasteiger partial charge in [-0.05, 0) is 36.8 Å². The fraction of sp³-hybridized carbons (Fsp3) is 0.636. The summed E-state index contributed by atoms with van der Waals surface area (Å²) in [5, 5.41) is 14.2. The quantitative estimate of drug-likeness (QED) is 0.557. The average molecular weight is 543 g/mol. The maximum absolute atomic E-state index is 12.5. The lowest BCUT2D eigenvalue weighted by molar-refractivity contribution is -0.193. The molecule has 4 heterocycles. The first kappa shape index (κ1) is 30.3. The van der Waals surface area contributed by atoms with Gasteiger partial charge < -0.3 is 19.8 Å². The Morgan fingerprint density at radius 3 is 2.05 bits per heavy atom. The zero-order valence-electron chi connectivity index (χ0n) is 19.5. The van der Waals surface area contributed by atoms with Crippen LogP contribution in [0.25, 0.3) is 0 Å². The van der Waals surface area contributed by atoms with Crippen molar-refractivity contribution in [2.75, 3.05) is 26.3 Å². The van der Waals surface area contributed by atoms with Crippen molar-refractivity contribution in [1.82, 2.24) is 14.8 Å². The number of carbonyl (C=O) groups excluding carboxylic acids is 1. The van der Waals surface area contributed by atoms with Crippen molar-refractivity contribution >= 4 is 17.8 Å². The first-order chi connectivity index (χ1) is 17.2. The molecule has 1 aromatic heterocycles. The summed E-state index contributed by atoms with van der Waals surface area (Å²) >= 11 is 0. The molecule has 37 heavy (non-hydrogen) atoms. The van der Waals surface area contributed by atoms with E-state index in [1.807, 2.05) is 18.5 Å². The molecule has 2 N–H and O–H groups in total. The van der Waals surface area contributed by atoms with E-state index in [0.29, 0.717) is 30.3 Å². The predicted molar refractivity (Wildman–Crippen MR) is 114 cm³/mol. The number of ether oxygens (including phenoxy) is 1. The molecule has 3 aliphatic heterocycles. The van der Waals surface area contributed by atoms with Gasteiger partial charge in [0.05, 0.1) is 0 Å². The maximum Gasteiger partial charge on any atom is 0.490 e. The molecule has 3 fully saturated rings. The number of carboxylic acids is 2. The zero-order chi connectivity index (χ0) is 27.8. The molecular weight excluding hydrogens is 516 g/mol. The highest BCUT2D eigenvalue weighted by molar-refractivity contribution is 5.80. The van der Waals surface area contributed by atoms with Crippen LogP contribution >= 0.6 is 0 Å². The molecule has 208 valence electrons. The van der Waals surface area contributed by atoms with Crippen LogP contribution in [0.15, 0.2) is 24.5 Å². The summed E-state index contributed by atoms with van der Waals surface area (Å²) in [5.41, 5.74) is 1.24. The molecule has 0 bridgehead atoms. The van der Waals surface area contributed by atoms with Gasteiger partial charge in [-0.2, -0.15) is 26.3 Å². The van der Waals surface area contributed by atoms with E-state index in [4.69, 9.17) is 24.5 Å². The number of pyridine rings is 1. The number of rotatable bonds is 4. The smallest absolute Gasteiger partial charge is 0.475 e. The highest BCUT2D eigenvalue weighted by Gasteiger charge is 2.47. The Bertz CT molecular complexity index is 884. The van der Waals surface area contributed by atoms with Gasteiger partial charge in [0.25, 0.3) is 0 Å². The van der Waals surface area contributed by atoms with Crippen LogP contribution in [0, 0.1) is 5.92 Å². The second-order valence-corrected chi connectivity index (χ2v) is 8.67. The first-order valence-electron chi connectivity index (χ1n) is 11.3. The first-order valence-corrected chi connectivity index (χ1v) is 11.3. The number of likely N-dealkylation sites (tertiary alicyclic amines) is 2. The van der Waals surface area contributed by atoms with Gasteiger partial charge in [-0.15, -0.1) is 0 Å². The summed E-state index contributed by atoms with van der Waals surface area (Å²) in [6.07, 6.45) is -2.43. The number of alkyl halides is 6. The third-order valence-electron chi connectivity index (χ3n) is 6.12. The molecule has 1 aromatic rings. The zero-order valence-corrected chi connectivity index (χ0v) is 19.5. The molecule has 9 nitrogen and oxygen atoms in total. The minimum Gasteiger partial charge on any atom is -0.475 e. The SMILES string of the molecule is O=C(O)C(F)(F)F.O=C(O)C(F)(F)F.O=C1C[C@H]2[C@@H](CCN2Cc2cccnc2)N1CC1CCOCC1. The van der Waals surface area contributed by atoms with Crippen LogP contribution in [0.3, 0.4) is 0 Å². The number of aliphatic carboxylic acids is 2. The highest BCUT2D eigenvalue weighted by Crippen LogP contribution is 2.34. The number of amides is 1. The van der Waals surface area contributed by atoms with Gasteiger partial charge in [0.1, 0.15) is 0 Å². The fourth-order valence-electron chi connectivity index (χ4n) is 4.38. The van der Waals surface area contributed by atoms with Crippen molar-refractivity contribution in [3.8, 4) is 0 Å². The fourth-order valence-corrected chi connectivity index (χ4v) is 4.38. The lowest BCUT2D eigenvalue weighted by Gasteiger charge is -2.31. The van der Waals surface area contributed by atoms with Crippen molar-refractivity contribution < 1.29 is 55.7 Å². The predicted octanol–water partition coefficient (Wildman–Crippen LogP) is 2.95. The van der Waals surface area contributed by atoms with Gasteiger partial charge in [0.2, 0.25) is 5.91 Å².